The predicted molar refractivity (Wildman–Crippen MR) is 127 cm³/mol. The summed E-state index contributed by atoms with van der Waals surface area (Å²) in [5, 5.41) is 3.29. The zero-order valence-corrected chi connectivity index (χ0v) is 20.0. The highest BCUT2D eigenvalue weighted by Gasteiger charge is 2.59. The van der Waals surface area contributed by atoms with Crippen LogP contribution >= 0.6 is 0 Å². The van der Waals surface area contributed by atoms with Gasteiger partial charge in [-0.05, 0) is 56.4 Å². The van der Waals surface area contributed by atoms with E-state index in [2.05, 4.69) is 41.4 Å². The minimum atomic E-state index is -0.453. The minimum absolute atomic E-state index is 0.0512. The van der Waals surface area contributed by atoms with Crippen molar-refractivity contribution in [1.29, 1.82) is 0 Å². The van der Waals surface area contributed by atoms with E-state index in [4.69, 9.17) is 0 Å². The zero-order valence-electron chi connectivity index (χ0n) is 20.0. The third kappa shape index (κ3) is 3.75. The third-order valence-corrected chi connectivity index (χ3v) is 8.92. The number of rotatable bonds is 4. The molecule has 35 heavy (non-hydrogen) atoms. The molecule has 1 spiro atoms. The van der Waals surface area contributed by atoms with E-state index < -0.39 is 11.6 Å². The van der Waals surface area contributed by atoms with Crippen LogP contribution in [-0.2, 0) is 21.5 Å². The van der Waals surface area contributed by atoms with E-state index in [1.807, 2.05) is 4.90 Å². The number of nitrogens with one attached hydrogen (secondary N) is 1. The summed E-state index contributed by atoms with van der Waals surface area (Å²) in [5.41, 5.74) is 1.92. The van der Waals surface area contributed by atoms with Gasteiger partial charge in [-0.1, -0.05) is 29.8 Å². The smallest absolute Gasteiger partial charge is 0.233 e. The molecule has 5 nitrogen and oxygen atoms in total. The second-order valence-corrected chi connectivity index (χ2v) is 11.0. The summed E-state index contributed by atoms with van der Waals surface area (Å²) in [6.07, 6.45) is 3.25. The number of aryl methyl sites for hydroxylation is 1. The molecule has 1 N–H and O–H groups in total. The fourth-order valence-corrected chi connectivity index (χ4v) is 6.71. The lowest BCUT2D eigenvalue weighted by molar-refractivity contribution is -0.136. The Labute approximate surface area is 204 Å². The van der Waals surface area contributed by atoms with Gasteiger partial charge < -0.3 is 10.2 Å². The largest absolute Gasteiger partial charge is 0.350 e. The van der Waals surface area contributed by atoms with Crippen LogP contribution in [-0.4, -0.2) is 53.3 Å². The number of amides is 2. The SMILES string of the molecule is Cc1ccc(C2(C(=O)N3CCC4(CC3)NC(=O)[C@@H]3CN(Cc5cc(F)ccc5F)C[C@@H]34)CC2)cc1. The van der Waals surface area contributed by atoms with Crippen molar-refractivity contribution in [2.75, 3.05) is 26.2 Å². The Kier molecular flexibility index (Phi) is 5.25. The fraction of sp³-hybridized carbons (Fsp3) is 0.500. The van der Waals surface area contributed by atoms with Crippen molar-refractivity contribution < 1.29 is 18.4 Å². The van der Waals surface area contributed by atoms with Crippen LogP contribution in [0, 0.1) is 30.4 Å². The molecule has 0 radical (unpaired) electrons. The minimum Gasteiger partial charge on any atom is -0.350 e. The van der Waals surface area contributed by atoms with Gasteiger partial charge in [0.1, 0.15) is 11.6 Å². The van der Waals surface area contributed by atoms with Gasteiger partial charge in [-0.15, -0.1) is 0 Å². The summed E-state index contributed by atoms with van der Waals surface area (Å²) in [4.78, 5) is 30.5. The number of carbonyl (C=O) groups excluding carboxylic acids is 2. The van der Waals surface area contributed by atoms with Gasteiger partial charge in [0.05, 0.1) is 11.3 Å². The van der Waals surface area contributed by atoms with Crippen LogP contribution in [0.4, 0.5) is 8.78 Å². The molecule has 184 valence electrons. The van der Waals surface area contributed by atoms with Crippen molar-refractivity contribution in [2.24, 2.45) is 11.8 Å². The summed E-state index contributed by atoms with van der Waals surface area (Å²) in [6.45, 7) is 4.83. The van der Waals surface area contributed by atoms with E-state index in [0.717, 1.165) is 43.4 Å². The molecule has 7 heteroatoms. The quantitative estimate of drug-likeness (QED) is 0.730. The molecule has 0 unspecified atom stereocenters. The summed E-state index contributed by atoms with van der Waals surface area (Å²) in [6, 6.07) is 11.8. The van der Waals surface area contributed by atoms with Gasteiger partial charge in [-0.25, -0.2) is 8.78 Å². The Balaban J connectivity index is 1.13. The standard InChI is InChI=1S/C28H31F2N3O2/c1-18-2-4-20(5-3-18)27(8-9-27)26(35)33-12-10-28(11-13-33)23-17-32(16-22(23)25(34)31-28)15-19-14-21(29)6-7-24(19)30/h2-7,14,22-23H,8-13,15-17H2,1H3,(H,31,34)/t22-,23+/m1/s1. The monoisotopic (exact) mass is 479 g/mol. The van der Waals surface area contributed by atoms with Crippen LogP contribution in [0.15, 0.2) is 42.5 Å². The first-order valence-corrected chi connectivity index (χ1v) is 12.6. The molecule has 4 aliphatic rings. The van der Waals surface area contributed by atoms with Crippen molar-refractivity contribution in [1.82, 2.24) is 15.1 Å². The fourth-order valence-electron chi connectivity index (χ4n) is 6.71. The first kappa shape index (κ1) is 22.7. The maximum absolute atomic E-state index is 14.2. The molecule has 0 bridgehead atoms. The maximum Gasteiger partial charge on any atom is 0.233 e. The molecule has 1 aliphatic carbocycles. The Morgan fingerprint density at radius 2 is 1.74 bits per heavy atom. The highest BCUT2D eigenvalue weighted by molar-refractivity contribution is 5.91. The van der Waals surface area contributed by atoms with Gasteiger partial charge in [0.2, 0.25) is 11.8 Å². The van der Waals surface area contributed by atoms with Crippen LogP contribution in [0.1, 0.15) is 42.4 Å². The van der Waals surface area contributed by atoms with Gasteiger partial charge >= 0.3 is 0 Å². The Hall–Kier alpha value is -2.80. The van der Waals surface area contributed by atoms with Crippen LogP contribution in [0.3, 0.4) is 0 Å². The molecule has 2 aromatic carbocycles. The topological polar surface area (TPSA) is 52.7 Å². The van der Waals surface area contributed by atoms with E-state index >= 15 is 0 Å². The van der Waals surface area contributed by atoms with Gasteiger partial charge in [-0.2, -0.15) is 0 Å². The molecule has 6 rings (SSSR count). The predicted octanol–water partition coefficient (Wildman–Crippen LogP) is 3.54. The number of likely N-dealkylation sites (tertiary alicyclic amines) is 2. The third-order valence-electron chi connectivity index (χ3n) is 8.92. The molecule has 0 aromatic heterocycles. The highest BCUT2D eigenvalue weighted by atomic mass is 19.1. The van der Waals surface area contributed by atoms with Crippen molar-refractivity contribution in [3.63, 3.8) is 0 Å². The number of nitrogens with zero attached hydrogens (tertiary/aromatic N) is 2. The normalized spacial score (nSPS) is 26.6. The van der Waals surface area contributed by atoms with E-state index in [1.165, 1.54) is 11.6 Å². The molecule has 2 aromatic rings. The molecule has 3 heterocycles. The number of piperidine rings is 1. The van der Waals surface area contributed by atoms with Gasteiger partial charge in [-0.3, -0.25) is 14.5 Å². The van der Waals surface area contributed by atoms with Crippen molar-refractivity contribution in [3.05, 3.63) is 70.8 Å². The maximum atomic E-state index is 14.2. The van der Waals surface area contributed by atoms with E-state index in [1.54, 1.807) is 0 Å². The molecule has 3 saturated heterocycles. The second kappa shape index (κ2) is 8.12. The Morgan fingerprint density at radius 3 is 2.43 bits per heavy atom. The summed E-state index contributed by atoms with van der Waals surface area (Å²) in [5.74, 6) is -0.628. The van der Waals surface area contributed by atoms with Gasteiger partial charge in [0, 0.05) is 49.7 Å². The first-order chi connectivity index (χ1) is 16.8. The number of benzene rings is 2. The molecule has 3 aliphatic heterocycles. The molecular weight excluding hydrogens is 448 g/mol. The average Bonchev–Trinajstić information content (AvgIpc) is 3.48. The number of hydrogen-bond donors (Lipinski definition) is 1. The zero-order chi connectivity index (χ0) is 24.4. The van der Waals surface area contributed by atoms with Crippen LogP contribution < -0.4 is 5.32 Å². The van der Waals surface area contributed by atoms with Crippen molar-refractivity contribution in [3.8, 4) is 0 Å². The summed E-state index contributed by atoms with van der Waals surface area (Å²) >= 11 is 0. The lowest BCUT2D eigenvalue weighted by Crippen LogP contribution is -2.57. The molecule has 4 fully saturated rings. The van der Waals surface area contributed by atoms with Crippen LogP contribution in [0.25, 0.3) is 0 Å². The van der Waals surface area contributed by atoms with Gasteiger partial charge in [0.25, 0.3) is 0 Å². The van der Waals surface area contributed by atoms with E-state index in [-0.39, 0.29) is 34.6 Å². The number of halogens is 2. The van der Waals surface area contributed by atoms with Gasteiger partial charge in [0.15, 0.2) is 0 Å². The lowest BCUT2D eigenvalue weighted by Gasteiger charge is -2.43. The number of carbonyl (C=O) groups is 2. The number of fused-ring (bicyclic) bond motifs is 2. The molecule has 1 saturated carbocycles. The Morgan fingerprint density at radius 1 is 1.03 bits per heavy atom. The lowest BCUT2D eigenvalue weighted by atomic mass is 9.75. The first-order valence-electron chi connectivity index (χ1n) is 12.6. The number of hydrogen-bond acceptors (Lipinski definition) is 3. The summed E-state index contributed by atoms with van der Waals surface area (Å²) < 4.78 is 27.8. The summed E-state index contributed by atoms with van der Waals surface area (Å²) in [7, 11) is 0. The second-order valence-electron chi connectivity index (χ2n) is 11.0. The van der Waals surface area contributed by atoms with Crippen molar-refractivity contribution >= 4 is 11.8 Å². The highest BCUT2D eigenvalue weighted by Crippen LogP contribution is 2.51. The van der Waals surface area contributed by atoms with Crippen LogP contribution in [0.5, 0.6) is 0 Å². The Bertz CT molecular complexity index is 1170. The van der Waals surface area contributed by atoms with Crippen molar-refractivity contribution in [2.45, 2.75) is 50.1 Å². The van der Waals surface area contributed by atoms with E-state index in [9.17, 15) is 18.4 Å². The molecular formula is C28H31F2N3O2. The molecule has 2 atom stereocenters. The average molecular weight is 480 g/mol. The van der Waals surface area contributed by atoms with E-state index in [0.29, 0.717) is 38.3 Å². The molecule has 2 amide bonds. The van der Waals surface area contributed by atoms with Crippen LogP contribution in [0.2, 0.25) is 0 Å².